The number of fused-ring (bicyclic) bond motifs is 1. The van der Waals surface area contributed by atoms with Crippen molar-refractivity contribution in [3.8, 4) is 11.5 Å². The Morgan fingerprint density at radius 1 is 1.37 bits per heavy atom. The van der Waals surface area contributed by atoms with E-state index in [0.29, 0.717) is 26.2 Å². The number of nitrogens with one attached hydrogen (secondary N) is 1. The Labute approximate surface area is 118 Å². The van der Waals surface area contributed by atoms with Crippen molar-refractivity contribution in [3.63, 3.8) is 0 Å². The monoisotopic (exact) mass is 286 g/mol. The van der Waals surface area contributed by atoms with Crippen LogP contribution in [0.25, 0.3) is 0 Å². The fourth-order valence-electron chi connectivity index (χ4n) is 1.76. The zero-order chi connectivity index (χ0) is 13.0. The maximum Gasteiger partial charge on any atom is 0.221 e. The number of rotatable bonds is 4. The van der Waals surface area contributed by atoms with Gasteiger partial charge in [0.1, 0.15) is 13.2 Å². The molecule has 2 rings (SSSR count). The van der Waals surface area contributed by atoms with Crippen LogP contribution >= 0.6 is 12.4 Å². The summed E-state index contributed by atoms with van der Waals surface area (Å²) in [6.07, 6.45) is 0.338. The van der Waals surface area contributed by atoms with Gasteiger partial charge in [-0.1, -0.05) is 6.07 Å². The molecule has 1 atom stereocenters. The van der Waals surface area contributed by atoms with E-state index in [1.807, 2.05) is 25.1 Å². The van der Waals surface area contributed by atoms with Crippen LogP contribution in [0.3, 0.4) is 0 Å². The normalized spacial score (nSPS) is 14.2. The van der Waals surface area contributed by atoms with Gasteiger partial charge in [0.05, 0.1) is 0 Å². The molecule has 3 N–H and O–H groups in total. The number of carbonyl (C=O) groups excluding carboxylic acids is 1. The first-order valence-corrected chi connectivity index (χ1v) is 6.06. The molecule has 0 saturated carbocycles. The lowest BCUT2D eigenvalue weighted by Crippen LogP contribution is -2.29. The van der Waals surface area contributed by atoms with Gasteiger partial charge in [-0.15, -0.1) is 12.4 Å². The number of nitrogens with two attached hydrogens (primary N) is 1. The smallest absolute Gasteiger partial charge is 0.221 e. The van der Waals surface area contributed by atoms with E-state index in [1.54, 1.807) is 0 Å². The highest BCUT2D eigenvalue weighted by Gasteiger charge is 2.12. The van der Waals surface area contributed by atoms with Crippen molar-refractivity contribution in [3.05, 3.63) is 23.8 Å². The van der Waals surface area contributed by atoms with Gasteiger partial charge in [-0.2, -0.15) is 0 Å². The van der Waals surface area contributed by atoms with Gasteiger partial charge < -0.3 is 20.5 Å². The van der Waals surface area contributed by atoms with Crippen LogP contribution in [0.5, 0.6) is 11.5 Å². The summed E-state index contributed by atoms with van der Waals surface area (Å²) in [5, 5.41) is 2.82. The summed E-state index contributed by atoms with van der Waals surface area (Å²) in [5.74, 6) is 1.45. The van der Waals surface area contributed by atoms with Crippen molar-refractivity contribution in [2.75, 3.05) is 13.2 Å². The van der Waals surface area contributed by atoms with E-state index in [-0.39, 0.29) is 24.4 Å². The van der Waals surface area contributed by atoms with Gasteiger partial charge in [0.2, 0.25) is 5.91 Å². The van der Waals surface area contributed by atoms with Crippen LogP contribution in [0.15, 0.2) is 18.2 Å². The molecule has 1 amide bonds. The SMILES string of the molecule is CC(N)CC(=O)NCc1ccc2c(c1)OCCO2.Cl. The minimum atomic E-state index is -0.120. The van der Waals surface area contributed by atoms with Crippen LogP contribution in [0.2, 0.25) is 0 Å². The predicted molar refractivity (Wildman–Crippen MR) is 74.8 cm³/mol. The van der Waals surface area contributed by atoms with E-state index in [0.717, 1.165) is 17.1 Å². The molecule has 1 aromatic carbocycles. The molecule has 0 fully saturated rings. The van der Waals surface area contributed by atoms with E-state index in [2.05, 4.69) is 5.32 Å². The average molecular weight is 287 g/mol. The summed E-state index contributed by atoms with van der Waals surface area (Å²) in [7, 11) is 0. The summed E-state index contributed by atoms with van der Waals surface area (Å²) in [6.45, 7) is 3.43. The molecule has 5 nitrogen and oxygen atoms in total. The Morgan fingerprint density at radius 3 is 2.74 bits per heavy atom. The Bertz CT molecular complexity index is 438. The molecule has 1 aliphatic rings. The Balaban J connectivity index is 0.00000180. The number of halogens is 1. The molecule has 1 aromatic rings. The molecule has 19 heavy (non-hydrogen) atoms. The molecule has 0 aromatic heterocycles. The number of amides is 1. The maximum atomic E-state index is 11.5. The zero-order valence-corrected chi connectivity index (χ0v) is 11.7. The molecule has 0 spiro atoms. The lowest BCUT2D eigenvalue weighted by Gasteiger charge is -2.19. The summed E-state index contributed by atoms with van der Waals surface area (Å²) < 4.78 is 10.9. The van der Waals surface area contributed by atoms with Crippen molar-refractivity contribution in [2.24, 2.45) is 5.73 Å². The zero-order valence-electron chi connectivity index (χ0n) is 10.8. The molecule has 0 bridgehead atoms. The van der Waals surface area contributed by atoms with Crippen LogP contribution in [0.1, 0.15) is 18.9 Å². The van der Waals surface area contributed by atoms with Crippen LogP contribution in [-0.2, 0) is 11.3 Å². The molecule has 0 aliphatic carbocycles. The van der Waals surface area contributed by atoms with Crippen LogP contribution in [0, 0.1) is 0 Å². The molecule has 6 heteroatoms. The molecular formula is C13H19ClN2O3. The minimum Gasteiger partial charge on any atom is -0.486 e. The van der Waals surface area contributed by atoms with Crippen LogP contribution < -0.4 is 20.5 Å². The summed E-state index contributed by atoms with van der Waals surface area (Å²) in [6, 6.07) is 5.55. The third-order valence-corrected chi connectivity index (χ3v) is 2.60. The van der Waals surface area contributed by atoms with Gasteiger partial charge in [0.15, 0.2) is 11.5 Å². The van der Waals surface area contributed by atoms with Crippen molar-refractivity contribution in [1.82, 2.24) is 5.32 Å². The summed E-state index contributed by atoms with van der Waals surface area (Å²) in [4.78, 5) is 11.5. The van der Waals surface area contributed by atoms with Gasteiger partial charge in [0, 0.05) is 19.0 Å². The second kappa shape index (κ2) is 7.21. The number of hydrogen-bond acceptors (Lipinski definition) is 4. The second-order valence-corrected chi connectivity index (χ2v) is 4.44. The average Bonchev–Trinajstić information content (AvgIpc) is 2.35. The molecule has 0 saturated heterocycles. The van der Waals surface area contributed by atoms with E-state index in [9.17, 15) is 4.79 Å². The predicted octanol–water partition coefficient (Wildman–Crippen LogP) is 1.23. The third-order valence-electron chi connectivity index (χ3n) is 2.60. The molecule has 1 heterocycles. The van der Waals surface area contributed by atoms with E-state index < -0.39 is 0 Å². The van der Waals surface area contributed by atoms with E-state index >= 15 is 0 Å². The van der Waals surface area contributed by atoms with Crippen LogP contribution in [-0.4, -0.2) is 25.2 Å². The molecule has 1 unspecified atom stereocenters. The van der Waals surface area contributed by atoms with Gasteiger partial charge in [-0.05, 0) is 24.6 Å². The Hall–Kier alpha value is -1.46. The Kier molecular flexibility index (Phi) is 5.92. The van der Waals surface area contributed by atoms with Crippen LogP contribution in [0.4, 0.5) is 0 Å². The van der Waals surface area contributed by atoms with Gasteiger partial charge in [-0.3, -0.25) is 4.79 Å². The molecule has 1 aliphatic heterocycles. The van der Waals surface area contributed by atoms with E-state index in [4.69, 9.17) is 15.2 Å². The lowest BCUT2D eigenvalue weighted by atomic mass is 10.2. The molecular weight excluding hydrogens is 268 g/mol. The lowest BCUT2D eigenvalue weighted by molar-refractivity contribution is -0.121. The fraction of sp³-hybridized carbons (Fsp3) is 0.462. The van der Waals surface area contributed by atoms with Crippen molar-refractivity contribution in [2.45, 2.75) is 25.9 Å². The minimum absolute atomic E-state index is 0. The fourth-order valence-corrected chi connectivity index (χ4v) is 1.76. The number of benzene rings is 1. The van der Waals surface area contributed by atoms with E-state index in [1.165, 1.54) is 0 Å². The summed E-state index contributed by atoms with van der Waals surface area (Å²) in [5.41, 5.74) is 6.54. The quantitative estimate of drug-likeness (QED) is 0.873. The maximum absolute atomic E-state index is 11.5. The first kappa shape index (κ1) is 15.6. The van der Waals surface area contributed by atoms with Gasteiger partial charge >= 0.3 is 0 Å². The highest BCUT2D eigenvalue weighted by Crippen LogP contribution is 2.30. The number of hydrogen-bond donors (Lipinski definition) is 2. The topological polar surface area (TPSA) is 73.6 Å². The van der Waals surface area contributed by atoms with Crippen molar-refractivity contribution < 1.29 is 14.3 Å². The second-order valence-electron chi connectivity index (χ2n) is 4.44. The molecule has 106 valence electrons. The largest absolute Gasteiger partial charge is 0.486 e. The third kappa shape index (κ3) is 4.61. The number of carbonyl (C=O) groups is 1. The highest BCUT2D eigenvalue weighted by atomic mass is 35.5. The first-order chi connectivity index (χ1) is 8.65. The number of ether oxygens (including phenoxy) is 2. The Morgan fingerprint density at radius 2 is 2.05 bits per heavy atom. The highest BCUT2D eigenvalue weighted by molar-refractivity contribution is 5.85. The van der Waals surface area contributed by atoms with Crippen molar-refractivity contribution in [1.29, 1.82) is 0 Å². The first-order valence-electron chi connectivity index (χ1n) is 6.06. The van der Waals surface area contributed by atoms with Gasteiger partial charge in [-0.25, -0.2) is 0 Å². The standard InChI is InChI=1S/C13H18N2O3.ClH/c1-9(14)6-13(16)15-8-10-2-3-11-12(7-10)18-5-4-17-11;/h2-3,7,9H,4-6,8,14H2,1H3,(H,15,16);1H. The summed E-state index contributed by atoms with van der Waals surface area (Å²) >= 11 is 0. The molecule has 0 radical (unpaired) electrons. The van der Waals surface area contributed by atoms with Crippen molar-refractivity contribution >= 4 is 18.3 Å². The van der Waals surface area contributed by atoms with Gasteiger partial charge in [0.25, 0.3) is 0 Å².